The van der Waals surface area contributed by atoms with Crippen LogP contribution in [0.5, 0.6) is 0 Å². The van der Waals surface area contributed by atoms with E-state index >= 15 is 0 Å². The fourth-order valence-corrected chi connectivity index (χ4v) is 5.71. The SMILES string of the molecule is CC(=O)c1ccc(N2C(=O)C[C@@H](Sc3cccc(NC(=O)/C(=C/c4ccc(C)cc4)NC(=O)c4ccccc4)c3)C2=O)cc1. The molecule has 0 spiro atoms. The quantitative estimate of drug-likeness (QED) is 0.137. The molecule has 4 aromatic carbocycles. The van der Waals surface area contributed by atoms with Crippen LogP contribution in [0.4, 0.5) is 11.4 Å². The van der Waals surface area contributed by atoms with Gasteiger partial charge in [0.25, 0.3) is 11.8 Å². The molecular formula is C35H29N3O5S. The van der Waals surface area contributed by atoms with Crippen LogP contribution in [0.25, 0.3) is 6.08 Å². The van der Waals surface area contributed by atoms with Gasteiger partial charge in [-0.2, -0.15) is 0 Å². The van der Waals surface area contributed by atoms with Gasteiger partial charge < -0.3 is 10.6 Å². The second kappa shape index (κ2) is 13.4. The molecule has 0 unspecified atom stereocenters. The monoisotopic (exact) mass is 603 g/mol. The molecule has 44 heavy (non-hydrogen) atoms. The van der Waals surface area contributed by atoms with E-state index in [2.05, 4.69) is 10.6 Å². The van der Waals surface area contributed by atoms with Crippen LogP contribution in [-0.2, 0) is 14.4 Å². The topological polar surface area (TPSA) is 113 Å². The van der Waals surface area contributed by atoms with Gasteiger partial charge in [-0.3, -0.25) is 24.0 Å². The van der Waals surface area contributed by atoms with Crippen molar-refractivity contribution >= 4 is 58.6 Å². The number of nitrogens with zero attached hydrogens (tertiary/aromatic N) is 1. The molecule has 2 N–H and O–H groups in total. The number of rotatable bonds is 9. The number of carbonyl (C=O) groups excluding carboxylic acids is 5. The van der Waals surface area contributed by atoms with E-state index in [1.165, 1.54) is 18.7 Å². The molecule has 0 aliphatic carbocycles. The Morgan fingerprint density at radius 3 is 2.23 bits per heavy atom. The molecule has 220 valence electrons. The highest BCUT2D eigenvalue weighted by atomic mass is 32.2. The number of Topliss-reactive ketones (excluding diaryl/α,β-unsaturated/α-hetero) is 1. The van der Waals surface area contributed by atoms with E-state index in [0.717, 1.165) is 16.0 Å². The van der Waals surface area contributed by atoms with Crippen molar-refractivity contribution in [1.29, 1.82) is 0 Å². The van der Waals surface area contributed by atoms with Crippen LogP contribution < -0.4 is 15.5 Å². The van der Waals surface area contributed by atoms with E-state index in [0.29, 0.717) is 27.4 Å². The van der Waals surface area contributed by atoms with Crippen molar-refractivity contribution in [3.8, 4) is 0 Å². The average molecular weight is 604 g/mol. The number of imide groups is 1. The van der Waals surface area contributed by atoms with E-state index in [1.807, 2.05) is 31.2 Å². The molecule has 1 heterocycles. The Labute approximate surface area is 259 Å². The second-order valence-corrected chi connectivity index (χ2v) is 11.5. The van der Waals surface area contributed by atoms with E-state index in [4.69, 9.17) is 0 Å². The first-order chi connectivity index (χ1) is 21.2. The Hall–Kier alpha value is -5.28. The normalized spacial score (nSPS) is 14.8. The summed E-state index contributed by atoms with van der Waals surface area (Å²) >= 11 is 1.23. The first-order valence-electron chi connectivity index (χ1n) is 13.9. The highest BCUT2D eigenvalue weighted by molar-refractivity contribution is 8.00. The van der Waals surface area contributed by atoms with Crippen molar-refractivity contribution in [2.75, 3.05) is 10.2 Å². The summed E-state index contributed by atoms with van der Waals surface area (Å²) in [7, 11) is 0. The first-order valence-corrected chi connectivity index (χ1v) is 14.8. The van der Waals surface area contributed by atoms with Gasteiger partial charge in [-0.05, 0) is 80.1 Å². The third kappa shape index (κ3) is 7.19. The van der Waals surface area contributed by atoms with Crippen molar-refractivity contribution in [2.24, 2.45) is 0 Å². The number of thioether (sulfide) groups is 1. The minimum atomic E-state index is -0.650. The Morgan fingerprint density at radius 1 is 0.841 bits per heavy atom. The molecule has 0 radical (unpaired) electrons. The zero-order valence-corrected chi connectivity index (χ0v) is 24.9. The minimum absolute atomic E-state index is 0.0174. The zero-order chi connectivity index (χ0) is 31.2. The van der Waals surface area contributed by atoms with E-state index in [1.54, 1.807) is 84.9 Å². The highest BCUT2D eigenvalue weighted by Crippen LogP contribution is 2.35. The summed E-state index contributed by atoms with van der Waals surface area (Å²) in [5, 5.41) is 4.92. The summed E-state index contributed by atoms with van der Waals surface area (Å²) < 4.78 is 0. The van der Waals surface area contributed by atoms with Crippen LogP contribution in [0.15, 0.2) is 114 Å². The molecule has 4 amide bonds. The molecule has 1 aliphatic rings. The predicted octanol–water partition coefficient (Wildman–Crippen LogP) is 6.03. The Morgan fingerprint density at radius 2 is 1.55 bits per heavy atom. The number of nitrogens with one attached hydrogen (secondary N) is 2. The van der Waals surface area contributed by atoms with Crippen LogP contribution >= 0.6 is 11.8 Å². The molecule has 8 nitrogen and oxygen atoms in total. The number of amides is 4. The lowest BCUT2D eigenvalue weighted by Crippen LogP contribution is -2.31. The first kappa shape index (κ1) is 30.2. The molecule has 9 heteroatoms. The number of aryl methyl sites for hydroxylation is 1. The molecule has 1 aliphatic heterocycles. The number of anilines is 2. The molecule has 1 saturated heterocycles. The fourth-order valence-electron chi connectivity index (χ4n) is 4.59. The maximum atomic E-state index is 13.4. The van der Waals surface area contributed by atoms with Gasteiger partial charge in [0.1, 0.15) is 5.70 Å². The lowest BCUT2D eigenvalue weighted by molar-refractivity contribution is -0.121. The van der Waals surface area contributed by atoms with Gasteiger partial charge >= 0.3 is 0 Å². The second-order valence-electron chi connectivity index (χ2n) is 10.3. The van der Waals surface area contributed by atoms with Gasteiger partial charge in [0.2, 0.25) is 11.8 Å². The van der Waals surface area contributed by atoms with Crippen molar-refractivity contribution in [3.05, 3.63) is 131 Å². The lowest BCUT2D eigenvalue weighted by atomic mass is 10.1. The smallest absolute Gasteiger partial charge is 0.272 e. The molecule has 1 atom stereocenters. The van der Waals surface area contributed by atoms with E-state index in [-0.39, 0.29) is 29.7 Å². The largest absolute Gasteiger partial charge is 0.321 e. The summed E-state index contributed by atoms with van der Waals surface area (Å²) in [6, 6.07) is 29.5. The van der Waals surface area contributed by atoms with Crippen LogP contribution in [-0.4, -0.2) is 34.7 Å². The molecule has 1 fully saturated rings. The van der Waals surface area contributed by atoms with Gasteiger partial charge in [0.15, 0.2) is 5.78 Å². The summed E-state index contributed by atoms with van der Waals surface area (Å²) in [5.41, 5.74) is 3.64. The molecule has 4 aromatic rings. The number of benzene rings is 4. The number of carbonyl (C=O) groups is 5. The Bertz CT molecular complexity index is 1770. The van der Waals surface area contributed by atoms with Crippen LogP contribution in [0.2, 0.25) is 0 Å². The average Bonchev–Trinajstić information content (AvgIpc) is 3.30. The lowest BCUT2D eigenvalue weighted by Gasteiger charge is -2.15. The van der Waals surface area contributed by atoms with E-state index in [9.17, 15) is 24.0 Å². The Kier molecular flexibility index (Phi) is 9.16. The van der Waals surface area contributed by atoms with Gasteiger partial charge in [-0.1, -0.05) is 54.1 Å². The summed E-state index contributed by atoms with van der Waals surface area (Å²) in [6.45, 7) is 3.41. The molecule has 0 saturated carbocycles. The van der Waals surface area contributed by atoms with Crippen LogP contribution in [0.3, 0.4) is 0 Å². The number of ketones is 1. The predicted molar refractivity (Wildman–Crippen MR) is 171 cm³/mol. The van der Waals surface area contributed by atoms with Crippen molar-refractivity contribution in [3.63, 3.8) is 0 Å². The standard InChI is InChI=1S/C35H29N3O5S/c1-22-11-13-24(14-12-22)19-30(37-33(41)26-7-4-3-5-8-26)34(42)36-27-9-6-10-29(20-27)44-31-21-32(40)38(35(31)43)28-17-15-25(16-18-28)23(2)39/h3-20,31H,21H2,1-2H3,(H,36,42)(H,37,41)/b30-19-/t31-/m1/s1. The maximum Gasteiger partial charge on any atom is 0.272 e. The van der Waals surface area contributed by atoms with Crippen LogP contribution in [0, 0.1) is 6.92 Å². The van der Waals surface area contributed by atoms with Crippen molar-refractivity contribution in [1.82, 2.24) is 5.32 Å². The van der Waals surface area contributed by atoms with Gasteiger partial charge in [-0.25, -0.2) is 4.90 Å². The van der Waals surface area contributed by atoms with Crippen molar-refractivity contribution < 1.29 is 24.0 Å². The summed E-state index contributed by atoms with van der Waals surface area (Å²) in [5.74, 6) is -1.73. The van der Waals surface area contributed by atoms with Gasteiger partial charge in [-0.15, -0.1) is 11.8 Å². The zero-order valence-electron chi connectivity index (χ0n) is 24.1. The summed E-state index contributed by atoms with van der Waals surface area (Å²) in [6.07, 6.45) is 1.62. The number of hydrogen-bond donors (Lipinski definition) is 2. The third-order valence-electron chi connectivity index (χ3n) is 6.92. The van der Waals surface area contributed by atoms with Gasteiger partial charge in [0.05, 0.1) is 10.9 Å². The maximum absolute atomic E-state index is 13.4. The molecule has 5 rings (SSSR count). The minimum Gasteiger partial charge on any atom is -0.321 e. The van der Waals surface area contributed by atoms with Crippen molar-refractivity contribution in [2.45, 2.75) is 30.4 Å². The molecular weight excluding hydrogens is 574 g/mol. The fraction of sp³-hybridized carbons (Fsp3) is 0.114. The molecule has 0 aromatic heterocycles. The Balaban J connectivity index is 1.31. The molecule has 0 bridgehead atoms. The third-order valence-corrected chi connectivity index (χ3v) is 8.10. The summed E-state index contributed by atoms with van der Waals surface area (Å²) in [4.78, 5) is 65.8. The van der Waals surface area contributed by atoms with Gasteiger partial charge in [0, 0.05) is 28.1 Å². The highest BCUT2D eigenvalue weighted by Gasteiger charge is 2.40. The van der Waals surface area contributed by atoms with E-state index < -0.39 is 17.1 Å². The number of hydrogen-bond acceptors (Lipinski definition) is 6. The van der Waals surface area contributed by atoms with Crippen LogP contribution in [0.1, 0.15) is 45.2 Å².